The maximum atomic E-state index is 14.3. The molecule has 0 aliphatic heterocycles. The fourth-order valence-electron chi connectivity index (χ4n) is 2.98. The van der Waals surface area contributed by atoms with Crippen LogP contribution in [0.1, 0.15) is 5.56 Å². The van der Waals surface area contributed by atoms with Gasteiger partial charge in [0, 0.05) is 14.7 Å². The molecule has 0 aliphatic rings. The molecular weight excluding hydrogens is 473 g/mol. The third-order valence-electron chi connectivity index (χ3n) is 4.71. The van der Waals surface area contributed by atoms with Crippen molar-refractivity contribution in [1.82, 2.24) is 0 Å². The molecule has 0 spiro atoms. The molecule has 0 heterocycles. The van der Waals surface area contributed by atoms with E-state index in [-0.39, 0.29) is 14.7 Å². The zero-order chi connectivity index (χ0) is 24.5. The first-order valence-electron chi connectivity index (χ1n) is 9.40. The molecular formula is C23H17F7O2S. The molecule has 0 fully saturated rings. The Kier molecular flexibility index (Phi) is 6.52. The van der Waals surface area contributed by atoms with E-state index in [1.807, 2.05) is 0 Å². The topological polar surface area (TPSA) is 26.3 Å². The number of benzene rings is 3. The highest BCUT2D eigenvalue weighted by Crippen LogP contribution is 2.70. The summed E-state index contributed by atoms with van der Waals surface area (Å²) in [6, 6.07) is 21.0. The second kappa shape index (κ2) is 8.74. The average Bonchev–Trinajstić information content (AvgIpc) is 2.78. The molecule has 0 unspecified atom stereocenters. The van der Waals surface area contributed by atoms with E-state index in [1.165, 1.54) is 60.7 Å². The molecule has 0 atom stereocenters. The van der Waals surface area contributed by atoms with Crippen molar-refractivity contribution in [2.45, 2.75) is 39.6 Å². The highest BCUT2D eigenvalue weighted by Gasteiger charge is 2.77. The minimum absolute atomic E-state index is 0.152. The van der Waals surface area contributed by atoms with Crippen LogP contribution in [0.3, 0.4) is 0 Å². The van der Waals surface area contributed by atoms with E-state index in [1.54, 1.807) is 31.2 Å². The maximum absolute atomic E-state index is 14.3. The molecule has 0 aliphatic carbocycles. The number of rotatable bonds is 6. The minimum Gasteiger partial charge on any atom is -0.397 e. The van der Waals surface area contributed by atoms with Gasteiger partial charge in [-0.05, 0) is 53.6 Å². The molecule has 0 saturated heterocycles. The second-order valence-electron chi connectivity index (χ2n) is 7.01. The molecule has 0 radical (unpaired) electrons. The lowest BCUT2D eigenvalue weighted by atomic mass is 10.1. The highest BCUT2D eigenvalue weighted by molar-refractivity contribution is 8.30. The van der Waals surface area contributed by atoms with Crippen molar-refractivity contribution in [1.29, 1.82) is 0 Å². The van der Waals surface area contributed by atoms with Gasteiger partial charge in [-0.1, -0.05) is 54.1 Å². The van der Waals surface area contributed by atoms with Crippen molar-refractivity contribution in [3.63, 3.8) is 0 Å². The lowest BCUT2D eigenvalue weighted by Crippen LogP contribution is -2.56. The summed E-state index contributed by atoms with van der Waals surface area (Å²) in [7, 11) is -3.47. The minimum atomic E-state index is -6.67. The van der Waals surface area contributed by atoms with Crippen LogP contribution in [-0.2, 0) is 8.98 Å². The Morgan fingerprint density at radius 1 is 0.667 bits per heavy atom. The Balaban J connectivity index is 2.27. The van der Waals surface area contributed by atoms with Gasteiger partial charge in [-0.2, -0.15) is 30.7 Å². The average molecular weight is 490 g/mol. The molecule has 2 nitrogen and oxygen atoms in total. The second-order valence-corrected chi connectivity index (χ2v) is 9.71. The van der Waals surface area contributed by atoms with Gasteiger partial charge < -0.3 is 4.18 Å². The van der Waals surface area contributed by atoms with Crippen LogP contribution in [-0.4, -0.2) is 24.0 Å². The molecule has 10 heteroatoms. The number of carbonyl (C=O) groups excluding carboxylic acids is 1. The number of hydrogen-bond acceptors (Lipinski definition) is 2. The van der Waals surface area contributed by atoms with Crippen molar-refractivity contribution in [2.24, 2.45) is 0 Å². The third kappa shape index (κ3) is 4.31. The summed E-state index contributed by atoms with van der Waals surface area (Å²) >= 11 is 0. The van der Waals surface area contributed by atoms with Crippen molar-refractivity contribution < 1.29 is 39.7 Å². The molecule has 3 aromatic rings. The number of halogens is 7. The van der Waals surface area contributed by atoms with E-state index in [2.05, 4.69) is 0 Å². The van der Waals surface area contributed by atoms with Crippen LogP contribution in [0.2, 0.25) is 0 Å². The normalized spacial score (nSPS) is 13.5. The predicted molar refractivity (Wildman–Crippen MR) is 108 cm³/mol. The van der Waals surface area contributed by atoms with Crippen LogP contribution < -0.4 is 0 Å². The SMILES string of the molecule is Cc1ccc(S(OC(=O)C(F)(F)C(F)(F)C(F)(F)F)(c2ccccc2)c2ccccc2)cc1. The molecule has 0 N–H and O–H groups in total. The maximum Gasteiger partial charge on any atom is 0.460 e. The van der Waals surface area contributed by atoms with Gasteiger partial charge in [-0.25, -0.2) is 4.79 Å². The van der Waals surface area contributed by atoms with Crippen LogP contribution >= 0.6 is 10.3 Å². The Morgan fingerprint density at radius 2 is 1.06 bits per heavy atom. The monoisotopic (exact) mass is 490 g/mol. The summed E-state index contributed by atoms with van der Waals surface area (Å²) in [5.41, 5.74) is 0.758. The van der Waals surface area contributed by atoms with Gasteiger partial charge in [0.15, 0.2) is 0 Å². The molecule has 0 saturated carbocycles. The lowest BCUT2D eigenvalue weighted by molar-refractivity contribution is -0.346. The summed E-state index contributed by atoms with van der Waals surface area (Å²) in [4.78, 5) is 12.9. The molecule has 3 aromatic carbocycles. The van der Waals surface area contributed by atoms with Gasteiger partial charge in [0.1, 0.15) is 0 Å². The van der Waals surface area contributed by atoms with Gasteiger partial charge in [0.25, 0.3) is 0 Å². The van der Waals surface area contributed by atoms with E-state index in [0.717, 1.165) is 5.56 Å². The first kappa shape index (κ1) is 24.6. The van der Waals surface area contributed by atoms with Gasteiger partial charge in [0.05, 0.1) is 0 Å². The van der Waals surface area contributed by atoms with Gasteiger partial charge >= 0.3 is 24.0 Å². The van der Waals surface area contributed by atoms with E-state index >= 15 is 0 Å². The summed E-state index contributed by atoms with van der Waals surface area (Å²) in [5.74, 6) is -15.8. The van der Waals surface area contributed by atoms with Crippen LogP contribution in [0.5, 0.6) is 0 Å². The van der Waals surface area contributed by atoms with Crippen molar-refractivity contribution in [3.8, 4) is 0 Å². The molecule has 0 amide bonds. The van der Waals surface area contributed by atoms with Crippen LogP contribution in [0.4, 0.5) is 30.7 Å². The number of alkyl halides is 7. The number of aryl methyl sites for hydroxylation is 1. The van der Waals surface area contributed by atoms with E-state index in [0.29, 0.717) is 0 Å². The standard InChI is InChI=1S/C23H17F7O2S/c1-16-12-14-19(15-13-16)33(17-8-4-2-5-9-17,18-10-6-3-7-11-18)32-20(31)21(24,25)22(26,27)23(28,29)30/h2-15H,1H3. The molecule has 176 valence electrons. The Morgan fingerprint density at radius 3 is 1.45 bits per heavy atom. The quantitative estimate of drug-likeness (QED) is 0.333. The molecule has 0 aromatic heterocycles. The Hall–Kier alpha value is -3.01. The third-order valence-corrected chi connectivity index (χ3v) is 7.92. The number of carbonyl (C=O) groups is 1. The highest BCUT2D eigenvalue weighted by atomic mass is 32.3. The zero-order valence-electron chi connectivity index (χ0n) is 17.0. The van der Waals surface area contributed by atoms with E-state index < -0.39 is 34.3 Å². The van der Waals surface area contributed by atoms with Crippen molar-refractivity contribution in [3.05, 3.63) is 90.5 Å². The summed E-state index contributed by atoms with van der Waals surface area (Å²) < 4.78 is 99.1. The molecule has 33 heavy (non-hydrogen) atoms. The fourth-order valence-corrected chi connectivity index (χ4v) is 6.02. The van der Waals surface area contributed by atoms with Crippen molar-refractivity contribution in [2.75, 3.05) is 0 Å². The smallest absolute Gasteiger partial charge is 0.397 e. The Labute approximate surface area is 186 Å². The number of hydrogen-bond donors (Lipinski definition) is 0. The lowest BCUT2D eigenvalue weighted by Gasteiger charge is -2.41. The summed E-state index contributed by atoms with van der Waals surface area (Å²) in [6.07, 6.45) is -6.67. The molecule has 3 rings (SSSR count). The largest absolute Gasteiger partial charge is 0.460 e. The molecule has 0 bridgehead atoms. The van der Waals surface area contributed by atoms with Crippen LogP contribution in [0.25, 0.3) is 0 Å². The first-order chi connectivity index (χ1) is 15.3. The van der Waals surface area contributed by atoms with E-state index in [4.69, 9.17) is 4.18 Å². The Bertz CT molecular complexity index is 1060. The summed E-state index contributed by atoms with van der Waals surface area (Å²) in [6.45, 7) is 1.73. The van der Waals surface area contributed by atoms with Crippen LogP contribution in [0.15, 0.2) is 99.6 Å². The van der Waals surface area contributed by atoms with Crippen LogP contribution in [0, 0.1) is 6.92 Å². The van der Waals surface area contributed by atoms with Gasteiger partial charge in [-0.3, -0.25) is 0 Å². The van der Waals surface area contributed by atoms with Gasteiger partial charge in [-0.15, -0.1) is 0 Å². The van der Waals surface area contributed by atoms with Crippen molar-refractivity contribution >= 4 is 16.3 Å². The fraction of sp³-hybridized carbons (Fsp3) is 0.174. The summed E-state index contributed by atoms with van der Waals surface area (Å²) in [5, 5.41) is 0. The van der Waals surface area contributed by atoms with Gasteiger partial charge in [0.2, 0.25) is 0 Å². The van der Waals surface area contributed by atoms with E-state index in [9.17, 15) is 35.5 Å². The first-order valence-corrected chi connectivity index (χ1v) is 11.0. The predicted octanol–water partition coefficient (Wildman–Crippen LogP) is 7.57. The zero-order valence-corrected chi connectivity index (χ0v) is 17.8.